The molecular weight excluding hydrogens is 519 g/mol. The van der Waals surface area contributed by atoms with E-state index in [-0.39, 0.29) is 50.5 Å². The summed E-state index contributed by atoms with van der Waals surface area (Å²) in [7, 11) is -3.65. The second-order valence-electron chi connectivity index (χ2n) is 4.15. The Morgan fingerprint density at radius 1 is 1.08 bits per heavy atom. The van der Waals surface area contributed by atoms with E-state index in [4.69, 9.17) is 4.74 Å². The van der Waals surface area contributed by atoms with Gasteiger partial charge in [-0.2, -0.15) is 0 Å². The monoisotopic (exact) mass is 534 g/mol. The minimum Gasteiger partial charge on any atom is -0.693 e. The number of nitro groups is 1. The maximum atomic E-state index is 11.3. The number of sulfonamides is 1. The van der Waals surface area contributed by atoms with E-state index in [0.717, 1.165) is 12.3 Å². The van der Waals surface area contributed by atoms with Crippen molar-refractivity contribution < 1.29 is 39.1 Å². The predicted molar refractivity (Wildman–Crippen MR) is 88.0 cm³/mol. The van der Waals surface area contributed by atoms with Crippen molar-refractivity contribution in [1.29, 1.82) is 0 Å². The molecule has 0 heterocycles. The normalized spacial score (nSPS) is 9.54. The van der Waals surface area contributed by atoms with Crippen LogP contribution in [-0.2, 0) is 31.1 Å². The Labute approximate surface area is 154 Å². The van der Waals surface area contributed by atoms with Gasteiger partial charge in [-0.25, -0.2) is 8.42 Å². The van der Waals surface area contributed by atoms with Gasteiger partial charge in [0.15, 0.2) is 0 Å². The first kappa shape index (κ1) is 24.3. The topological polar surface area (TPSA) is 168 Å². The van der Waals surface area contributed by atoms with E-state index < -0.39 is 14.9 Å². The number of nitro benzene ring substituents is 1. The molecule has 11 heteroatoms. The van der Waals surface area contributed by atoms with Gasteiger partial charge in [0.25, 0.3) is 5.69 Å². The molecule has 136 valence electrons. The van der Waals surface area contributed by atoms with E-state index in [9.17, 15) is 18.5 Å². The summed E-state index contributed by atoms with van der Waals surface area (Å²) in [6.45, 7) is 0. The van der Waals surface area contributed by atoms with Crippen molar-refractivity contribution in [2.45, 2.75) is 0 Å². The van der Waals surface area contributed by atoms with Crippen LogP contribution in [0.2, 0.25) is 0 Å². The fourth-order valence-corrected chi connectivity index (χ4v) is 2.08. The van der Waals surface area contributed by atoms with Crippen molar-refractivity contribution in [3.63, 3.8) is 0 Å². The van der Waals surface area contributed by atoms with Crippen LogP contribution in [0.4, 0.5) is 11.4 Å². The minimum atomic E-state index is -3.65. The molecule has 0 bridgehead atoms. The second-order valence-corrected chi connectivity index (χ2v) is 5.80. The molecule has 0 saturated heterocycles. The quantitative estimate of drug-likeness (QED) is 0.397. The summed E-state index contributed by atoms with van der Waals surface area (Å²) < 4.78 is 31.5. The summed E-state index contributed by atoms with van der Waals surface area (Å²) in [6.07, 6.45) is 0.931. The maximum Gasteiger partial charge on any atom is 0.273 e. The molecule has 0 aliphatic heterocycles. The zero-order chi connectivity index (χ0) is 15.5. The first-order chi connectivity index (χ1) is 9.85. The number of hydrogen-bond donors (Lipinski definition) is 0. The number of hydrogen-bond acceptors (Lipinski definition) is 5. The molecule has 0 fully saturated rings. The Morgan fingerprint density at radius 3 is 2.17 bits per heavy atom. The van der Waals surface area contributed by atoms with E-state index >= 15 is 0 Å². The fourth-order valence-electron chi connectivity index (χ4n) is 1.57. The zero-order valence-corrected chi connectivity index (χ0v) is 15.5. The van der Waals surface area contributed by atoms with Gasteiger partial charge in [-0.3, -0.25) is 10.1 Å². The molecule has 0 amide bonds. The number of ether oxygens (including phenoxy) is 1. The predicted octanol–water partition coefficient (Wildman–Crippen LogP) is 4.78. The van der Waals surface area contributed by atoms with Crippen LogP contribution in [0.25, 0.3) is 17.0 Å². The number of nitrogens with two attached hydrogens (primary N) is 2. The molecule has 4 N–H and O–H groups in total. The fraction of sp³-hybridized carbons (Fsp3) is 0.0769. The molecule has 0 aromatic heterocycles. The largest absolute Gasteiger partial charge is 0.693 e. The number of nitrogens with zero attached hydrogens (tertiary/aromatic N) is 2. The van der Waals surface area contributed by atoms with Gasteiger partial charge in [0.05, 0.1) is 21.0 Å². The first-order valence-electron chi connectivity index (χ1n) is 5.79. The third-order valence-corrected chi connectivity index (χ3v) is 2.92. The Balaban J connectivity index is 0. The van der Waals surface area contributed by atoms with E-state index in [1.165, 1.54) is 12.1 Å². The van der Waals surface area contributed by atoms with Crippen LogP contribution in [0.15, 0.2) is 48.5 Å². The molecule has 0 aliphatic rings. The summed E-state index contributed by atoms with van der Waals surface area (Å²) in [5.41, 5.74) is -0.208. The zero-order valence-electron chi connectivity index (χ0n) is 12.4. The van der Waals surface area contributed by atoms with Crippen molar-refractivity contribution in [2.75, 3.05) is 6.26 Å². The third kappa shape index (κ3) is 7.05. The number of non-ortho nitro benzene ring substituents is 1. The van der Waals surface area contributed by atoms with Crippen molar-refractivity contribution in [3.8, 4) is 11.5 Å². The second kappa shape index (κ2) is 9.99. The molecule has 9 nitrogen and oxygen atoms in total. The number of rotatable bonds is 5. The number of benzene rings is 2. The Hall–Kier alpha value is -2.00. The van der Waals surface area contributed by atoms with Gasteiger partial charge in [-0.05, 0) is 12.1 Å². The van der Waals surface area contributed by atoms with Crippen molar-refractivity contribution in [1.82, 2.24) is 0 Å². The first-order valence-corrected chi connectivity index (χ1v) is 7.64. The van der Waals surface area contributed by atoms with Gasteiger partial charge in [0.1, 0.15) is 11.5 Å². The van der Waals surface area contributed by atoms with Crippen LogP contribution in [-0.4, -0.2) is 19.6 Å². The van der Waals surface area contributed by atoms with Crippen molar-refractivity contribution >= 4 is 21.4 Å². The molecule has 2 aromatic carbocycles. The van der Waals surface area contributed by atoms with Gasteiger partial charge < -0.3 is 21.8 Å². The molecular formula is C13H15N4O5PtS-3. The Morgan fingerprint density at radius 2 is 1.67 bits per heavy atom. The molecule has 0 aliphatic carbocycles. The molecule has 0 radical (unpaired) electrons. The van der Waals surface area contributed by atoms with E-state index in [1.807, 2.05) is 0 Å². The summed E-state index contributed by atoms with van der Waals surface area (Å²) in [5, 5.41) is 10.8. The SMILES string of the molecule is CS(=O)(=O)[N-]c1ccc([N+](=O)[O-])cc1Oc1ccccc1.[NH2-].[NH2-].[Pt]. The molecule has 2 rings (SSSR count). The Kier molecular flexibility index (Phi) is 10.1. The van der Waals surface area contributed by atoms with E-state index in [0.29, 0.717) is 5.75 Å². The van der Waals surface area contributed by atoms with E-state index in [1.54, 1.807) is 30.3 Å². The summed E-state index contributed by atoms with van der Waals surface area (Å²) in [5.74, 6) is 0.420. The average Bonchev–Trinajstić information content (AvgIpc) is 2.40. The van der Waals surface area contributed by atoms with Crippen LogP contribution in [0.5, 0.6) is 11.5 Å². The third-order valence-electron chi connectivity index (χ3n) is 2.39. The van der Waals surface area contributed by atoms with Crippen LogP contribution in [0, 0.1) is 10.1 Å². The molecule has 0 saturated carbocycles. The van der Waals surface area contributed by atoms with Gasteiger partial charge in [-0.15, -0.1) is 0 Å². The average molecular weight is 534 g/mol. The van der Waals surface area contributed by atoms with Crippen LogP contribution >= 0.6 is 0 Å². The van der Waals surface area contributed by atoms with Crippen LogP contribution in [0.3, 0.4) is 0 Å². The van der Waals surface area contributed by atoms with Gasteiger partial charge in [-0.1, -0.05) is 30.0 Å². The number of para-hydroxylation sites is 1. The maximum absolute atomic E-state index is 11.3. The standard InChI is InChI=1S/C13H11N2O5S.2H2N.Pt/c1-21(18,19)14-12-8-7-10(15(16)17)9-13(12)20-11-5-3-2-4-6-11;;;/h2-9H,1H3;2*1H2;/q3*-1;. The smallest absolute Gasteiger partial charge is 0.273 e. The molecule has 2 aromatic rings. The summed E-state index contributed by atoms with van der Waals surface area (Å²) >= 11 is 0. The summed E-state index contributed by atoms with van der Waals surface area (Å²) in [6, 6.07) is 12.0. The Bertz CT molecular complexity index is 771. The molecule has 0 spiro atoms. The molecule has 24 heavy (non-hydrogen) atoms. The van der Waals surface area contributed by atoms with Crippen LogP contribution in [0.1, 0.15) is 0 Å². The minimum absolute atomic E-state index is 0. The summed E-state index contributed by atoms with van der Waals surface area (Å²) in [4.78, 5) is 10.2. The van der Waals surface area contributed by atoms with Crippen LogP contribution < -0.4 is 4.74 Å². The molecule has 0 atom stereocenters. The van der Waals surface area contributed by atoms with Gasteiger partial charge in [0.2, 0.25) is 0 Å². The van der Waals surface area contributed by atoms with Crippen molar-refractivity contribution in [3.05, 3.63) is 75.7 Å². The van der Waals surface area contributed by atoms with Gasteiger partial charge >= 0.3 is 0 Å². The van der Waals surface area contributed by atoms with E-state index in [2.05, 4.69) is 4.72 Å². The van der Waals surface area contributed by atoms with Crippen molar-refractivity contribution in [2.24, 2.45) is 0 Å². The van der Waals surface area contributed by atoms with Gasteiger partial charge in [0, 0.05) is 33.4 Å². The molecule has 0 unspecified atom stereocenters.